The van der Waals surface area contributed by atoms with Gasteiger partial charge in [-0.3, -0.25) is 0 Å². The van der Waals surface area contributed by atoms with E-state index in [0.29, 0.717) is 11.5 Å². The number of unbranched alkanes of at least 4 members (excludes halogenated alkanes) is 2. The molecule has 0 aliphatic carbocycles. The highest BCUT2D eigenvalue weighted by atomic mass is 15.1. The Morgan fingerprint density at radius 2 is 2.05 bits per heavy atom. The molecule has 1 heterocycles. The number of hydrogen-bond donors (Lipinski definition) is 1. The van der Waals surface area contributed by atoms with Crippen molar-refractivity contribution >= 4 is 0 Å². The molecule has 0 bridgehead atoms. The van der Waals surface area contributed by atoms with Crippen molar-refractivity contribution in [3.63, 3.8) is 0 Å². The minimum atomic E-state index is 0.448. The molecule has 0 aromatic carbocycles. The molecular weight excluding hydrogens is 232 g/mol. The molecular formula is C17H36N2. The van der Waals surface area contributed by atoms with E-state index in [1.807, 2.05) is 0 Å². The van der Waals surface area contributed by atoms with Crippen LogP contribution in [0.1, 0.15) is 66.2 Å². The molecule has 1 aliphatic rings. The fraction of sp³-hybridized carbons (Fsp3) is 1.00. The fourth-order valence-electron chi connectivity index (χ4n) is 3.16. The van der Waals surface area contributed by atoms with Crippen molar-refractivity contribution < 1.29 is 0 Å². The zero-order valence-corrected chi connectivity index (χ0v) is 14.0. The first-order valence-corrected chi connectivity index (χ1v) is 8.36. The molecule has 2 atom stereocenters. The van der Waals surface area contributed by atoms with E-state index < -0.39 is 0 Å². The lowest BCUT2D eigenvalue weighted by Crippen LogP contribution is -2.45. The van der Waals surface area contributed by atoms with Crippen LogP contribution in [-0.2, 0) is 0 Å². The van der Waals surface area contributed by atoms with Gasteiger partial charge in [-0.15, -0.1) is 0 Å². The molecule has 114 valence electrons. The highest BCUT2D eigenvalue weighted by molar-refractivity contribution is 4.81. The lowest BCUT2D eigenvalue weighted by Gasteiger charge is -2.36. The predicted octanol–water partition coefficient (Wildman–Crippen LogP) is 3.91. The molecule has 1 rings (SSSR count). The Hall–Kier alpha value is -0.0800. The van der Waals surface area contributed by atoms with Gasteiger partial charge < -0.3 is 10.2 Å². The Morgan fingerprint density at radius 3 is 2.68 bits per heavy atom. The van der Waals surface area contributed by atoms with Crippen LogP contribution in [-0.4, -0.2) is 37.6 Å². The molecule has 1 fully saturated rings. The van der Waals surface area contributed by atoms with Crippen LogP contribution < -0.4 is 5.32 Å². The van der Waals surface area contributed by atoms with Gasteiger partial charge in [-0.2, -0.15) is 0 Å². The Balaban J connectivity index is 2.25. The van der Waals surface area contributed by atoms with E-state index in [4.69, 9.17) is 0 Å². The zero-order valence-electron chi connectivity index (χ0n) is 14.0. The standard InChI is InChI=1S/C17H36N2/c1-6-7-8-11-17(3,4)14-18-15(2)16-10-9-12-19(5)13-16/h15-16,18H,6-14H2,1-5H3. The van der Waals surface area contributed by atoms with Gasteiger partial charge in [-0.05, 0) is 51.1 Å². The van der Waals surface area contributed by atoms with Crippen molar-refractivity contribution in [2.75, 3.05) is 26.7 Å². The van der Waals surface area contributed by atoms with Gasteiger partial charge in [-0.1, -0.05) is 40.0 Å². The summed E-state index contributed by atoms with van der Waals surface area (Å²) in [5.74, 6) is 0.838. The van der Waals surface area contributed by atoms with Gasteiger partial charge in [0.05, 0.1) is 0 Å². The third-order valence-corrected chi connectivity index (χ3v) is 4.73. The lowest BCUT2D eigenvalue weighted by atomic mass is 9.85. The van der Waals surface area contributed by atoms with Gasteiger partial charge >= 0.3 is 0 Å². The number of hydrogen-bond acceptors (Lipinski definition) is 2. The molecule has 0 saturated carbocycles. The monoisotopic (exact) mass is 268 g/mol. The molecule has 0 aromatic rings. The Morgan fingerprint density at radius 1 is 1.32 bits per heavy atom. The molecule has 1 N–H and O–H groups in total. The summed E-state index contributed by atoms with van der Waals surface area (Å²) in [6.45, 7) is 13.2. The van der Waals surface area contributed by atoms with Crippen molar-refractivity contribution in [1.82, 2.24) is 10.2 Å². The first-order valence-electron chi connectivity index (χ1n) is 8.36. The van der Waals surface area contributed by atoms with E-state index in [1.54, 1.807) is 0 Å². The first-order chi connectivity index (χ1) is 8.94. The Bertz CT molecular complexity index is 237. The summed E-state index contributed by atoms with van der Waals surface area (Å²) in [6, 6.07) is 0.660. The molecule has 1 aliphatic heterocycles. The maximum absolute atomic E-state index is 3.81. The minimum Gasteiger partial charge on any atom is -0.313 e. The van der Waals surface area contributed by atoms with Gasteiger partial charge in [-0.25, -0.2) is 0 Å². The summed E-state index contributed by atoms with van der Waals surface area (Å²) in [5, 5.41) is 3.81. The van der Waals surface area contributed by atoms with E-state index in [-0.39, 0.29) is 0 Å². The van der Waals surface area contributed by atoms with E-state index >= 15 is 0 Å². The second-order valence-corrected chi connectivity index (χ2v) is 7.46. The molecule has 2 unspecified atom stereocenters. The second-order valence-electron chi connectivity index (χ2n) is 7.46. The lowest BCUT2D eigenvalue weighted by molar-refractivity contribution is 0.169. The molecule has 1 saturated heterocycles. The molecule has 0 aromatic heterocycles. The van der Waals surface area contributed by atoms with Gasteiger partial charge in [0.2, 0.25) is 0 Å². The van der Waals surface area contributed by atoms with Gasteiger partial charge in [0.15, 0.2) is 0 Å². The number of likely N-dealkylation sites (tertiary alicyclic amines) is 1. The molecule has 2 heteroatoms. The fourth-order valence-corrected chi connectivity index (χ4v) is 3.16. The summed E-state index contributed by atoms with van der Waals surface area (Å²) < 4.78 is 0. The van der Waals surface area contributed by atoms with Crippen molar-refractivity contribution in [1.29, 1.82) is 0 Å². The summed E-state index contributed by atoms with van der Waals surface area (Å²) in [5.41, 5.74) is 0.448. The van der Waals surface area contributed by atoms with Crippen molar-refractivity contribution in [3.05, 3.63) is 0 Å². The van der Waals surface area contributed by atoms with E-state index in [2.05, 4.69) is 45.0 Å². The van der Waals surface area contributed by atoms with Crippen molar-refractivity contribution in [2.24, 2.45) is 11.3 Å². The molecule has 0 amide bonds. The SMILES string of the molecule is CCCCCC(C)(C)CNC(C)C1CCCN(C)C1. The average Bonchev–Trinajstić information content (AvgIpc) is 2.36. The highest BCUT2D eigenvalue weighted by Gasteiger charge is 2.24. The smallest absolute Gasteiger partial charge is 0.00794 e. The second kappa shape index (κ2) is 8.26. The maximum atomic E-state index is 3.81. The molecule has 0 spiro atoms. The van der Waals surface area contributed by atoms with Crippen LogP contribution in [0.5, 0.6) is 0 Å². The van der Waals surface area contributed by atoms with Gasteiger partial charge in [0.1, 0.15) is 0 Å². The Labute approximate surface area is 121 Å². The molecule has 19 heavy (non-hydrogen) atoms. The van der Waals surface area contributed by atoms with Crippen LogP contribution in [0.4, 0.5) is 0 Å². The predicted molar refractivity (Wildman–Crippen MR) is 85.6 cm³/mol. The van der Waals surface area contributed by atoms with E-state index in [0.717, 1.165) is 12.5 Å². The molecule has 0 radical (unpaired) electrons. The van der Waals surface area contributed by atoms with Gasteiger partial charge in [0.25, 0.3) is 0 Å². The summed E-state index contributed by atoms with van der Waals surface area (Å²) in [6.07, 6.45) is 8.21. The number of rotatable bonds is 8. The number of nitrogens with one attached hydrogen (secondary N) is 1. The third-order valence-electron chi connectivity index (χ3n) is 4.73. The van der Waals surface area contributed by atoms with Crippen LogP contribution in [0.3, 0.4) is 0 Å². The summed E-state index contributed by atoms with van der Waals surface area (Å²) >= 11 is 0. The van der Waals surface area contributed by atoms with Crippen molar-refractivity contribution in [2.45, 2.75) is 72.3 Å². The number of piperidine rings is 1. The summed E-state index contributed by atoms with van der Waals surface area (Å²) in [4.78, 5) is 2.48. The van der Waals surface area contributed by atoms with Crippen LogP contribution in [0, 0.1) is 11.3 Å². The van der Waals surface area contributed by atoms with Crippen LogP contribution in [0.25, 0.3) is 0 Å². The Kier molecular flexibility index (Phi) is 7.38. The average molecular weight is 268 g/mol. The number of nitrogens with zero attached hydrogens (tertiary/aromatic N) is 1. The largest absolute Gasteiger partial charge is 0.313 e. The van der Waals surface area contributed by atoms with Crippen LogP contribution in [0.2, 0.25) is 0 Å². The topological polar surface area (TPSA) is 15.3 Å². The minimum absolute atomic E-state index is 0.448. The first kappa shape index (κ1) is 17.0. The quantitative estimate of drug-likeness (QED) is 0.671. The zero-order chi connectivity index (χ0) is 14.3. The molecule has 2 nitrogen and oxygen atoms in total. The third kappa shape index (κ3) is 6.76. The highest BCUT2D eigenvalue weighted by Crippen LogP contribution is 2.24. The van der Waals surface area contributed by atoms with Crippen LogP contribution in [0.15, 0.2) is 0 Å². The van der Waals surface area contributed by atoms with Crippen LogP contribution >= 0.6 is 0 Å². The van der Waals surface area contributed by atoms with E-state index in [9.17, 15) is 0 Å². The maximum Gasteiger partial charge on any atom is 0.00794 e. The van der Waals surface area contributed by atoms with E-state index in [1.165, 1.54) is 51.6 Å². The van der Waals surface area contributed by atoms with Gasteiger partial charge in [0, 0.05) is 19.1 Å². The normalized spacial score (nSPS) is 23.5. The van der Waals surface area contributed by atoms with Crippen molar-refractivity contribution in [3.8, 4) is 0 Å². The summed E-state index contributed by atoms with van der Waals surface area (Å²) in [7, 11) is 2.26.